The molecule has 27 heavy (non-hydrogen) atoms. The van der Waals surface area contributed by atoms with Crippen molar-refractivity contribution in [1.82, 2.24) is 0 Å². The molecule has 0 aliphatic carbocycles. The van der Waals surface area contributed by atoms with Crippen molar-refractivity contribution in [2.75, 3.05) is 5.32 Å². The molecule has 0 spiro atoms. The second kappa shape index (κ2) is 8.37. The van der Waals surface area contributed by atoms with Crippen LogP contribution in [0.15, 0.2) is 46.9 Å². The minimum absolute atomic E-state index is 0.281. The number of carbonyl (C=O) groups is 1. The third-order valence-corrected chi connectivity index (χ3v) is 7.26. The molecular weight excluding hydrogens is 431 g/mol. The smallest absolute Gasteiger partial charge is 0.324 e. The van der Waals surface area contributed by atoms with Crippen molar-refractivity contribution in [2.45, 2.75) is 31.8 Å². The van der Waals surface area contributed by atoms with Crippen LogP contribution in [0.2, 0.25) is 0 Å². The third-order valence-electron chi connectivity index (χ3n) is 4.76. The largest absolute Gasteiger partial charge is 0.335 e. The molecule has 0 aliphatic heterocycles. The Kier molecular flexibility index (Phi) is 6.61. The Labute approximate surface area is 166 Å². The van der Waals surface area contributed by atoms with Crippen LogP contribution in [-0.4, -0.2) is 15.7 Å². The molecule has 1 amide bonds. The highest BCUT2D eigenvalue weighted by atomic mass is 79.9. The maximum atomic E-state index is 12.5. The van der Waals surface area contributed by atoms with Crippen molar-refractivity contribution in [3.8, 4) is 6.07 Å². The summed E-state index contributed by atoms with van der Waals surface area (Å²) in [4.78, 5) is 32.1. The van der Waals surface area contributed by atoms with Crippen molar-refractivity contribution < 1.29 is 19.1 Å². The number of anilines is 1. The summed E-state index contributed by atoms with van der Waals surface area (Å²) in [7, 11) is -4.38. The zero-order chi connectivity index (χ0) is 20.2. The number of halogens is 1. The summed E-state index contributed by atoms with van der Waals surface area (Å²) in [6, 6.07) is 13.2. The fraction of sp³-hybridized carbons (Fsp3) is 0.263. The predicted octanol–water partition coefficient (Wildman–Crippen LogP) is 4.77. The summed E-state index contributed by atoms with van der Waals surface area (Å²) in [5.41, 5.74) is 1.55. The second-order valence-electron chi connectivity index (χ2n) is 6.12. The molecule has 0 bridgehead atoms. The van der Waals surface area contributed by atoms with Gasteiger partial charge in [0, 0.05) is 10.0 Å². The Morgan fingerprint density at radius 2 is 1.78 bits per heavy atom. The molecule has 0 unspecified atom stereocenters. The average molecular weight is 451 g/mol. The molecule has 0 aliphatic rings. The van der Waals surface area contributed by atoms with Gasteiger partial charge in [-0.3, -0.25) is 9.36 Å². The minimum Gasteiger partial charge on any atom is -0.324 e. The van der Waals surface area contributed by atoms with Gasteiger partial charge in [0.15, 0.2) is 0 Å². The fourth-order valence-electron chi connectivity index (χ4n) is 3.08. The van der Waals surface area contributed by atoms with Crippen LogP contribution >= 0.6 is 23.5 Å². The molecule has 8 heteroatoms. The van der Waals surface area contributed by atoms with E-state index in [0.717, 1.165) is 4.47 Å². The highest BCUT2D eigenvalue weighted by Gasteiger charge is 2.45. The van der Waals surface area contributed by atoms with Crippen LogP contribution in [0.4, 0.5) is 5.69 Å². The van der Waals surface area contributed by atoms with Crippen LogP contribution < -0.4 is 5.32 Å². The monoisotopic (exact) mass is 450 g/mol. The van der Waals surface area contributed by atoms with Crippen LogP contribution in [0.25, 0.3) is 0 Å². The number of nitriles is 1. The summed E-state index contributed by atoms with van der Waals surface area (Å²) in [5.74, 6) is -0.407. The van der Waals surface area contributed by atoms with E-state index in [9.17, 15) is 24.4 Å². The summed E-state index contributed by atoms with van der Waals surface area (Å²) in [6.45, 7) is 3.47. The lowest BCUT2D eigenvalue weighted by molar-refractivity contribution is 0.102. The molecule has 3 N–H and O–H groups in total. The van der Waals surface area contributed by atoms with E-state index in [-0.39, 0.29) is 12.8 Å². The van der Waals surface area contributed by atoms with Crippen LogP contribution in [0.1, 0.15) is 48.2 Å². The fourth-order valence-corrected chi connectivity index (χ4v) is 4.75. The van der Waals surface area contributed by atoms with Gasteiger partial charge >= 0.3 is 7.60 Å². The molecule has 0 fully saturated rings. The second-order valence-corrected chi connectivity index (χ2v) is 8.98. The van der Waals surface area contributed by atoms with E-state index in [2.05, 4.69) is 21.2 Å². The van der Waals surface area contributed by atoms with E-state index in [4.69, 9.17) is 0 Å². The molecule has 6 nitrogen and oxygen atoms in total. The van der Waals surface area contributed by atoms with Gasteiger partial charge in [0.2, 0.25) is 0 Å². The first-order chi connectivity index (χ1) is 12.7. The first kappa shape index (κ1) is 21.3. The molecule has 2 rings (SSSR count). The van der Waals surface area contributed by atoms with E-state index in [1.807, 2.05) is 6.07 Å². The molecule has 0 radical (unpaired) electrons. The Morgan fingerprint density at radius 3 is 2.26 bits per heavy atom. The van der Waals surface area contributed by atoms with Gasteiger partial charge in [-0.15, -0.1) is 0 Å². The molecule has 142 valence electrons. The standard InChI is InChI=1S/C19H20BrN2O4P/c1-3-19(4-2,27(24,25)26)15-7-5-13(6-8-15)18(23)22-17-10-9-16(20)11-14(17)12-21/h5-11H,3-4H2,1-2H3,(H,22,23)(H2,24,25,26). The highest BCUT2D eigenvalue weighted by Crippen LogP contribution is 2.60. The number of carbonyl (C=O) groups excluding carboxylic acids is 1. The lowest BCUT2D eigenvalue weighted by Crippen LogP contribution is -2.24. The van der Waals surface area contributed by atoms with Crippen LogP contribution in [0.3, 0.4) is 0 Å². The topological polar surface area (TPSA) is 110 Å². The van der Waals surface area contributed by atoms with E-state index in [0.29, 0.717) is 22.4 Å². The summed E-state index contributed by atoms with van der Waals surface area (Å²) in [6.07, 6.45) is 0.563. The molecular formula is C19H20BrN2O4P. The molecule has 2 aromatic carbocycles. The molecule has 0 aromatic heterocycles. The van der Waals surface area contributed by atoms with Crippen LogP contribution in [-0.2, 0) is 9.72 Å². The molecule has 0 heterocycles. The van der Waals surface area contributed by atoms with Gasteiger partial charge in [-0.2, -0.15) is 5.26 Å². The highest BCUT2D eigenvalue weighted by molar-refractivity contribution is 9.10. The number of nitrogens with zero attached hydrogens (tertiary/aromatic N) is 1. The number of hydrogen-bond acceptors (Lipinski definition) is 3. The van der Waals surface area contributed by atoms with Gasteiger partial charge in [0.05, 0.1) is 16.4 Å². The van der Waals surface area contributed by atoms with Crippen molar-refractivity contribution >= 4 is 35.1 Å². The summed E-state index contributed by atoms with van der Waals surface area (Å²) < 4.78 is 12.8. The van der Waals surface area contributed by atoms with Crippen molar-refractivity contribution in [1.29, 1.82) is 5.26 Å². The average Bonchev–Trinajstić information content (AvgIpc) is 2.64. The number of amides is 1. The van der Waals surface area contributed by atoms with E-state index in [1.54, 1.807) is 44.2 Å². The number of rotatable bonds is 6. The number of nitrogens with one attached hydrogen (secondary N) is 1. The van der Waals surface area contributed by atoms with Gasteiger partial charge in [0.25, 0.3) is 5.91 Å². The maximum Gasteiger partial charge on any atom is 0.335 e. The Morgan fingerprint density at radius 1 is 1.19 bits per heavy atom. The Hall–Kier alpha value is -1.97. The van der Waals surface area contributed by atoms with Gasteiger partial charge in [-0.1, -0.05) is 41.9 Å². The number of benzene rings is 2. The van der Waals surface area contributed by atoms with E-state index >= 15 is 0 Å². The Bertz CT molecular complexity index is 928. The molecule has 2 aromatic rings. The van der Waals surface area contributed by atoms with Gasteiger partial charge < -0.3 is 15.1 Å². The molecule has 0 saturated heterocycles. The lowest BCUT2D eigenvalue weighted by Gasteiger charge is -2.32. The van der Waals surface area contributed by atoms with Gasteiger partial charge in [0.1, 0.15) is 6.07 Å². The van der Waals surface area contributed by atoms with Crippen molar-refractivity contribution in [2.24, 2.45) is 0 Å². The maximum absolute atomic E-state index is 12.5. The SMILES string of the molecule is CCC(CC)(c1ccc(C(=O)Nc2ccc(Br)cc2C#N)cc1)P(=O)(O)O. The number of hydrogen-bond donors (Lipinski definition) is 3. The van der Waals surface area contributed by atoms with Crippen molar-refractivity contribution in [3.05, 3.63) is 63.6 Å². The molecule has 0 atom stereocenters. The molecule has 0 saturated carbocycles. The van der Waals surface area contributed by atoms with Crippen LogP contribution in [0.5, 0.6) is 0 Å². The quantitative estimate of drug-likeness (QED) is 0.549. The zero-order valence-electron chi connectivity index (χ0n) is 14.9. The summed E-state index contributed by atoms with van der Waals surface area (Å²) in [5, 5.41) is 10.6. The minimum atomic E-state index is -4.38. The van der Waals surface area contributed by atoms with Gasteiger partial charge in [-0.25, -0.2) is 0 Å². The van der Waals surface area contributed by atoms with E-state index in [1.165, 1.54) is 12.1 Å². The summed E-state index contributed by atoms with van der Waals surface area (Å²) >= 11 is 3.28. The third kappa shape index (κ3) is 4.31. The predicted molar refractivity (Wildman–Crippen MR) is 108 cm³/mol. The normalized spacial score (nSPS) is 11.7. The van der Waals surface area contributed by atoms with Gasteiger partial charge in [-0.05, 0) is 48.7 Å². The lowest BCUT2D eigenvalue weighted by atomic mass is 9.92. The van der Waals surface area contributed by atoms with Crippen molar-refractivity contribution in [3.63, 3.8) is 0 Å². The van der Waals surface area contributed by atoms with Crippen LogP contribution in [0, 0.1) is 11.3 Å². The first-order valence-corrected chi connectivity index (χ1v) is 10.8. The Balaban J connectivity index is 2.31. The first-order valence-electron chi connectivity index (χ1n) is 8.35. The van der Waals surface area contributed by atoms with E-state index < -0.39 is 18.7 Å². The zero-order valence-corrected chi connectivity index (χ0v) is 17.4.